The number of nitrogens with one attached hydrogen (secondary N) is 4. The maximum atomic E-state index is 13.6. The van der Waals surface area contributed by atoms with Gasteiger partial charge in [-0.3, -0.25) is 24.0 Å². The number of pyridine rings is 1. The molecule has 2 aliphatic heterocycles. The van der Waals surface area contributed by atoms with E-state index >= 15 is 0 Å². The fourth-order valence-electron chi connectivity index (χ4n) is 8.85. The number of anilines is 2. The first-order chi connectivity index (χ1) is 30.7. The Morgan fingerprint density at radius 2 is 1.59 bits per heavy atom. The smallest absolute Gasteiger partial charge is 0.395 e. The van der Waals surface area contributed by atoms with Crippen LogP contribution in [0.5, 0.6) is 11.5 Å². The SMILES string of the molecule is Cc1ccc(NC(=O)C2(c3ccc4c(c3)OC(F)(F)O4)CC2)nc1-c1cccc(C(=O)NCCCCCCCNC(=O)CCc2ccc(NC(=O)C3CC4(C3)CN(C(=O)CCl)C4)s2)c1. The van der Waals surface area contributed by atoms with Gasteiger partial charge in [-0.1, -0.05) is 43.5 Å². The molecule has 4 aliphatic rings. The number of likely N-dealkylation sites (tertiary alicyclic amines) is 1. The molecule has 4 N–H and O–H groups in total. The number of hydrogen-bond acceptors (Lipinski definition) is 9. The quantitative estimate of drug-likeness (QED) is 0.0543. The molecule has 4 aromatic rings. The lowest BCUT2D eigenvalue weighted by molar-refractivity contribution is -0.286. The van der Waals surface area contributed by atoms with Crippen LogP contribution in [0.15, 0.2) is 66.7 Å². The lowest BCUT2D eigenvalue weighted by Crippen LogP contribution is -2.65. The van der Waals surface area contributed by atoms with Crippen LogP contribution < -0.4 is 30.7 Å². The van der Waals surface area contributed by atoms with Crippen molar-refractivity contribution in [1.82, 2.24) is 20.5 Å². The molecule has 2 saturated carbocycles. The summed E-state index contributed by atoms with van der Waals surface area (Å²) in [5.74, 6) is -0.439. The van der Waals surface area contributed by atoms with Gasteiger partial charge in [0.1, 0.15) is 11.7 Å². The normalized spacial score (nSPS) is 17.2. The van der Waals surface area contributed by atoms with E-state index in [2.05, 4.69) is 30.7 Å². The highest BCUT2D eigenvalue weighted by molar-refractivity contribution is 7.16. The topological polar surface area (TPSA) is 168 Å². The van der Waals surface area contributed by atoms with Crippen molar-refractivity contribution in [3.63, 3.8) is 0 Å². The summed E-state index contributed by atoms with van der Waals surface area (Å²) in [5.41, 5.74) is 2.42. The van der Waals surface area contributed by atoms with Crippen molar-refractivity contribution in [2.45, 2.75) is 89.3 Å². The molecule has 1 spiro atoms. The van der Waals surface area contributed by atoms with Gasteiger partial charge in [0.25, 0.3) is 5.91 Å². The molecular weight excluding hydrogens is 866 g/mol. The number of carbonyl (C=O) groups is 5. The second-order valence-corrected chi connectivity index (χ2v) is 18.9. The first-order valence-corrected chi connectivity index (χ1v) is 23.2. The van der Waals surface area contributed by atoms with Gasteiger partial charge in [0, 0.05) is 59.9 Å². The van der Waals surface area contributed by atoms with Gasteiger partial charge in [0.05, 0.1) is 16.1 Å². The van der Waals surface area contributed by atoms with E-state index in [0.717, 1.165) is 66.0 Å². The van der Waals surface area contributed by atoms with E-state index in [1.807, 2.05) is 31.2 Å². The molecule has 13 nitrogen and oxygen atoms in total. The molecule has 5 amide bonds. The Morgan fingerprint density at radius 3 is 2.34 bits per heavy atom. The highest BCUT2D eigenvalue weighted by Crippen LogP contribution is 2.53. The number of alkyl halides is 3. The van der Waals surface area contributed by atoms with E-state index in [-0.39, 0.29) is 58.2 Å². The van der Waals surface area contributed by atoms with Crippen LogP contribution in [-0.4, -0.2) is 77.8 Å². The number of benzene rings is 2. The predicted octanol–water partition coefficient (Wildman–Crippen LogP) is 7.96. The summed E-state index contributed by atoms with van der Waals surface area (Å²) in [5, 5.41) is 12.7. The minimum Gasteiger partial charge on any atom is -0.395 e. The lowest BCUT2D eigenvalue weighted by Gasteiger charge is -2.58. The fourth-order valence-corrected chi connectivity index (χ4v) is 9.93. The number of thiophene rings is 1. The number of halogens is 3. The molecule has 1 saturated heterocycles. The predicted molar refractivity (Wildman–Crippen MR) is 239 cm³/mol. The summed E-state index contributed by atoms with van der Waals surface area (Å²) in [6.07, 6.45) is 4.46. The number of unbranched alkanes of at least 4 members (excludes halogenated alkanes) is 4. The number of carbonyl (C=O) groups excluding carboxylic acids is 5. The molecule has 0 bridgehead atoms. The summed E-state index contributed by atoms with van der Waals surface area (Å²) in [6, 6.07) is 19.0. The third-order valence-electron chi connectivity index (χ3n) is 12.6. The van der Waals surface area contributed by atoms with Crippen molar-refractivity contribution in [2.75, 3.05) is 42.7 Å². The van der Waals surface area contributed by atoms with E-state index in [1.165, 1.54) is 23.5 Å². The Morgan fingerprint density at radius 1 is 0.859 bits per heavy atom. The number of amides is 5. The van der Waals surface area contributed by atoms with Crippen molar-refractivity contribution in [1.29, 1.82) is 0 Å². The van der Waals surface area contributed by atoms with Crippen molar-refractivity contribution in [3.05, 3.63) is 88.3 Å². The Balaban J connectivity index is 0.691. The first-order valence-electron chi connectivity index (χ1n) is 21.8. The summed E-state index contributed by atoms with van der Waals surface area (Å²) in [7, 11) is 0. The van der Waals surface area contributed by atoms with E-state index in [9.17, 15) is 32.8 Å². The van der Waals surface area contributed by atoms with Crippen LogP contribution in [0, 0.1) is 18.3 Å². The zero-order valence-corrected chi connectivity index (χ0v) is 37.1. The van der Waals surface area contributed by atoms with Gasteiger partial charge >= 0.3 is 6.29 Å². The number of aryl methyl sites for hydroxylation is 2. The Labute approximate surface area is 379 Å². The Bertz CT molecular complexity index is 2430. The molecule has 8 rings (SSSR count). The van der Waals surface area contributed by atoms with E-state index < -0.39 is 11.7 Å². The first kappa shape index (κ1) is 45.0. The fraction of sp³-hybridized carbons (Fsp3) is 0.447. The molecule has 0 unspecified atom stereocenters. The maximum Gasteiger partial charge on any atom is 0.586 e. The van der Waals surface area contributed by atoms with Crippen molar-refractivity contribution in [3.8, 4) is 22.8 Å². The van der Waals surface area contributed by atoms with Gasteiger partial charge in [-0.05, 0) is 105 Å². The summed E-state index contributed by atoms with van der Waals surface area (Å²) >= 11 is 7.13. The zero-order valence-electron chi connectivity index (χ0n) is 35.5. The standard InChI is InChI=1S/C47H51ClF2N6O7S/c1-29-10-15-37(54-44(61)46(18-19-46)33-11-14-35-36(23-33)63-47(49,50)62-35)53-41(29)30-8-7-9-31(22-30)42(59)52-21-6-4-2-3-5-20-51-38(57)16-12-34-13-17-39(64-34)55-43(60)32-24-45(25-32)27-56(28-45)40(58)26-48/h7-11,13-15,17,22-23,32H,2-6,12,16,18-21,24-28H2,1H3,(H,51,57)(H,52,59)(H,55,60)(H,53,54,61). The number of ether oxygens (including phenoxy) is 2. The second-order valence-electron chi connectivity index (χ2n) is 17.4. The number of hydrogen-bond donors (Lipinski definition) is 4. The largest absolute Gasteiger partial charge is 0.586 e. The molecule has 64 heavy (non-hydrogen) atoms. The maximum absolute atomic E-state index is 13.6. The average molecular weight is 917 g/mol. The van der Waals surface area contributed by atoms with Crippen LogP contribution in [-0.2, 0) is 31.0 Å². The lowest BCUT2D eigenvalue weighted by atomic mass is 9.57. The second kappa shape index (κ2) is 18.9. The molecular formula is C47H51ClF2N6O7S. The van der Waals surface area contributed by atoms with Gasteiger partial charge < -0.3 is 35.6 Å². The van der Waals surface area contributed by atoms with Gasteiger partial charge in [-0.25, -0.2) is 4.98 Å². The third-order valence-corrected chi connectivity index (χ3v) is 13.9. The van der Waals surface area contributed by atoms with E-state index in [4.69, 9.17) is 16.6 Å². The van der Waals surface area contributed by atoms with Crippen LogP contribution in [0.4, 0.5) is 19.6 Å². The minimum atomic E-state index is -3.74. The molecule has 0 radical (unpaired) electrons. The summed E-state index contributed by atoms with van der Waals surface area (Å²) in [4.78, 5) is 71.1. The highest BCUT2D eigenvalue weighted by Gasteiger charge is 2.55. The highest BCUT2D eigenvalue weighted by atomic mass is 35.5. The van der Waals surface area contributed by atoms with Crippen molar-refractivity contribution in [2.24, 2.45) is 11.3 Å². The molecule has 3 fully saturated rings. The number of rotatable bonds is 19. The van der Waals surface area contributed by atoms with Crippen LogP contribution in [0.2, 0.25) is 0 Å². The molecule has 4 heterocycles. The van der Waals surface area contributed by atoms with Crippen LogP contribution in [0.25, 0.3) is 11.3 Å². The Kier molecular flexibility index (Phi) is 13.2. The summed E-state index contributed by atoms with van der Waals surface area (Å²) < 4.78 is 36.3. The number of nitrogens with zero attached hydrogens (tertiary/aromatic N) is 2. The summed E-state index contributed by atoms with van der Waals surface area (Å²) in [6.45, 7) is 4.41. The monoisotopic (exact) mass is 916 g/mol. The van der Waals surface area contributed by atoms with Gasteiger partial charge in [-0.15, -0.1) is 31.7 Å². The van der Waals surface area contributed by atoms with Crippen molar-refractivity contribution >= 4 is 63.3 Å². The van der Waals surface area contributed by atoms with Crippen LogP contribution in [0.1, 0.15) is 90.6 Å². The molecule has 17 heteroatoms. The molecule has 338 valence electrons. The van der Waals surface area contributed by atoms with Crippen LogP contribution in [0.3, 0.4) is 0 Å². The minimum absolute atomic E-state index is 0.00125. The average Bonchev–Trinajstić information content (AvgIpc) is 3.84. The Hall–Kier alpha value is -5.61. The van der Waals surface area contributed by atoms with E-state index in [1.54, 1.807) is 35.2 Å². The van der Waals surface area contributed by atoms with Gasteiger partial charge in [0.15, 0.2) is 11.5 Å². The van der Waals surface area contributed by atoms with Gasteiger partial charge in [0.2, 0.25) is 23.6 Å². The number of fused-ring (bicyclic) bond motifs is 1. The van der Waals surface area contributed by atoms with Crippen LogP contribution >= 0.6 is 22.9 Å². The third kappa shape index (κ3) is 10.3. The molecule has 2 aromatic carbocycles. The molecule has 2 aromatic heterocycles. The molecule has 0 atom stereocenters. The van der Waals surface area contributed by atoms with Crippen molar-refractivity contribution < 1.29 is 42.2 Å². The number of aromatic nitrogens is 1. The van der Waals surface area contributed by atoms with E-state index in [0.29, 0.717) is 74.5 Å². The molecule has 2 aliphatic carbocycles. The zero-order chi connectivity index (χ0) is 45.1. The van der Waals surface area contributed by atoms with Gasteiger partial charge in [-0.2, -0.15) is 0 Å².